The van der Waals surface area contributed by atoms with E-state index >= 15 is 0 Å². The third kappa shape index (κ3) is 7.59. The zero-order chi connectivity index (χ0) is 38.2. The van der Waals surface area contributed by atoms with Crippen molar-refractivity contribution in [2.24, 2.45) is 17.8 Å². The number of hydrogen-bond acceptors (Lipinski definition) is 8. The molecule has 5 atom stereocenters. The van der Waals surface area contributed by atoms with Crippen LogP contribution in [0, 0.1) is 17.8 Å². The number of likely N-dealkylation sites (tertiary alicyclic amines) is 2. The normalized spacial score (nSPS) is 24.6. The molecular formula is C42H52N4O7S. The monoisotopic (exact) mass is 756 g/mol. The van der Waals surface area contributed by atoms with Crippen LogP contribution in [0.25, 0.3) is 22.2 Å². The first-order chi connectivity index (χ1) is 25.9. The fourth-order valence-electron chi connectivity index (χ4n) is 8.32. The summed E-state index contributed by atoms with van der Waals surface area (Å²) >= 11 is 0. The molecule has 54 heavy (non-hydrogen) atoms. The molecule has 4 fully saturated rings. The molecule has 2 aliphatic carbocycles. The van der Waals surface area contributed by atoms with Crippen LogP contribution in [0.5, 0.6) is 11.5 Å². The van der Waals surface area contributed by atoms with E-state index in [1.807, 2.05) is 73.3 Å². The molecular weight excluding hydrogens is 705 g/mol. The highest BCUT2D eigenvalue weighted by molar-refractivity contribution is 7.94. The summed E-state index contributed by atoms with van der Waals surface area (Å²) in [5.41, 5.74) is 2.25. The first-order valence-electron chi connectivity index (χ1n) is 19.4. The minimum absolute atomic E-state index is 0.0462. The topological polar surface area (TPSA) is 135 Å². The fraction of sp³-hybridized carbons (Fsp3) is 0.524. The van der Waals surface area contributed by atoms with Crippen LogP contribution in [0.4, 0.5) is 0 Å². The molecule has 7 rings (SSSR count). The minimum atomic E-state index is -3.67. The lowest BCUT2D eigenvalue weighted by Gasteiger charge is -2.32. The number of hydrogen-bond donors (Lipinski definition) is 1. The molecule has 288 valence electrons. The summed E-state index contributed by atoms with van der Waals surface area (Å²) < 4.78 is 39.7. The van der Waals surface area contributed by atoms with Crippen molar-refractivity contribution in [2.75, 3.05) is 26.7 Å². The van der Waals surface area contributed by atoms with Crippen molar-refractivity contribution in [3.05, 3.63) is 67.3 Å². The van der Waals surface area contributed by atoms with Gasteiger partial charge in [0.1, 0.15) is 28.5 Å². The molecule has 0 spiro atoms. The van der Waals surface area contributed by atoms with E-state index in [0.29, 0.717) is 55.1 Å². The Morgan fingerprint density at radius 3 is 2.44 bits per heavy atom. The van der Waals surface area contributed by atoms with Crippen LogP contribution < -0.4 is 14.8 Å². The van der Waals surface area contributed by atoms with Crippen molar-refractivity contribution in [3.8, 4) is 22.8 Å². The summed E-state index contributed by atoms with van der Waals surface area (Å²) in [7, 11) is -2.07. The lowest BCUT2D eigenvalue weighted by atomic mass is 9.91. The van der Waals surface area contributed by atoms with Crippen LogP contribution >= 0.6 is 0 Å². The summed E-state index contributed by atoms with van der Waals surface area (Å²) in [5, 5.41) is 3.20. The molecule has 2 aliphatic heterocycles. The average Bonchev–Trinajstić information content (AvgIpc) is 4.11. The van der Waals surface area contributed by atoms with Gasteiger partial charge in [0.15, 0.2) is 9.84 Å². The Bertz CT molecular complexity index is 2010. The molecule has 3 unspecified atom stereocenters. The number of amides is 3. The zero-order valence-electron chi connectivity index (χ0n) is 31.5. The number of nitrogens with zero attached hydrogens (tertiary/aromatic N) is 3. The summed E-state index contributed by atoms with van der Waals surface area (Å²) in [6.45, 7) is 9.36. The molecule has 2 aromatic carbocycles. The van der Waals surface area contributed by atoms with Gasteiger partial charge in [-0.15, -0.1) is 6.58 Å². The molecule has 11 nitrogen and oxygen atoms in total. The highest BCUT2D eigenvalue weighted by Gasteiger charge is 2.67. The Labute approximate surface area is 318 Å². The number of benzene rings is 2. The second-order valence-electron chi connectivity index (χ2n) is 15.9. The number of carbonyl (C=O) groups is 3. The molecule has 1 aromatic heterocycles. The Kier molecular flexibility index (Phi) is 10.8. The van der Waals surface area contributed by atoms with E-state index in [-0.39, 0.29) is 43.5 Å². The van der Waals surface area contributed by atoms with Crippen LogP contribution in [0.1, 0.15) is 71.6 Å². The van der Waals surface area contributed by atoms with Crippen molar-refractivity contribution in [1.82, 2.24) is 20.1 Å². The van der Waals surface area contributed by atoms with Crippen molar-refractivity contribution in [1.29, 1.82) is 0 Å². The van der Waals surface area contributed by atoms with Gasteiger partial charge in [-0.3, -0.25) is 14.4 Å². The first kappa shape index (κ1) is 37.8. The quantitative estimate of drug-likeness (QED) is 0.201. The standard InChI is InChI=1S/C42H52N4O7S/c1-5-30-25-42(30,54(50,51)33-15-16-33)44-40(48)37-23-32(26-46(37)41(49)29(20-27(2)3)21-39(47)45-18-10-7-11-19-45)53-38-24-35(28-12-8-6-9-13-28)43-36-22-31(52-4)14-17-34(36)38/h5-6,8-9,12-14,17,22,24,27,29-30,32-33,37H,1,7,10-11,15-16,18-21,23,25-26H2,2-4H3,(H,44,48)/t29-,30?,32+,37?,42?/m0/s1. The third-order valence-corrected chi connectivity index (χ3v) is 14.4. The lowest BCUT2D eigenvalue weighted by Crippen LogP contribution is -2.54. The van der Waals surface area contributed by atoms with Gasteiger partial charge in [-0.2, -0.15) is 0 Å². The molecule has 3 amide bonds. The Hall–Kier alpha value is -4.45. The molecule has 4 aliphatic rings. The van der Waals surface area contributed by atoms with E-state index in [4.69, 9.17) is 14.5 Å². The molecule has 3 heterocycles. The first-order valence-corrected chi connectivity index (χ1v) is 21.0. The van der Waals surface area contributed by atoms with E-state index in [0.717, 1.165) is 30.2 Å². The van der Waals surface area contributed by atoms with E-state index in [2.05, 4.69) is 11.9 Å². The number of pyridine rings is 1. The predicted octanol–water partition coefficient (Wildman–Crippen LogP) is 5.92. The second-order valence-corrected chi connectivity index (χ2v) is 18.4. The lowest BCUT2D eigenvalue weighted by molar-refractivity contribution is -0.145. The van der Waals surface area contributed by atoms with E-state index in [9.17, 15) is 22.8 Å². The van der Waals surface area contributed by atoms with Crippen molar-refractivity contribution >= 4 is 38.5 Å². The SMILES string of the molecule is C=CC1CC1(NC(=O)C1C[C@@H](Oc2cc(-c3ccccc3)nc3cc(OC)ccc23)CN1C(=O)[C@H](CC(=O)N1CCCCC1)CC(C)C)S(=O)(=O)C1CC1. The van der Waals surface area contributed by atoms with Gasteiger partial charge in [-0.1, -0.05) is 50.3 Å². The van der Waals surface area contributed by atoms with E-state index < -0.39 is 49.8 Å². The van der Waals surface area contributed by atoms with Gasteiger partial charge in [-0.25, -0.2) is 13.4 Å². The van der Waals surface area contributed by atoms with Crippen LogP contribution in [0.2, 0.25) is 0 Å². The Morgan fingerprint density at radius 2 is 1.80 bits per heavy atom. The van der Waals surface area contributed by atoms with E-state index in [1.54, 1.807) is 18.1 Å². The highest BCUT2D eigenvalue weighted by Crippen LogP contribution is 2.54. The van der Waals surface area contributed by atoms with Crippen LogP contribution in [-0.2, 0) is 24.2 Å². The fourth-order valence-corrected chi connectivity index (χ4v) is 10.8. The minimum Gasteiger partial charge on any atom is -0.497 e. The number of fused-ring (bicyclic) bond motifs is 1. The van der Waals surface area contributed by atoms with Gasteiger partial charge < -0.3 is 24.6 Å². The van der Waals surface area contributed by atoms with Gasteiger partial charge >= 0.3 is 0 Å². The summed E-state index contributed by atoms with van der Waals surface area (Å²) in [4.78, 5) is 49.6. The van der Waals surface area contributed by atoms with Crippen LogP contribution in [0.15, 0.2) is 67.3 Å². The number of nitrogens with one attached hydrogen (secondary N) is 1. The summed E-state index contributed by atoms with van der Waals surface area (Å²) in [6, 6.07) is 16.2. The zero-order valence-corrected chi connectivity index (χ0v) is 32.4. The predicted molar refractivity (Wildman–Crippen MR) is 207 cm³/mol. The summed E-state index contributed by atoms with van der Waals surface area (Å²) in [5.74, 6) is -0.596. The van der Waals surface area contributed by atoms with Gasteiger partial charge in [0.25, 0.3) is 0 Å². The number of rotatable bonds is 14. The van der Waals surface area contributed by atoms with Gasteiger partial charge in [0, 0.05) is 60.8 Å². The highest BCUT2D eigenvalue weighted by atomic mass is 32.2. The molecule has 12 heteroatoms. The maximum Gasteiger partial charge on any atom is 0.244 e. The molecule has 0 radical (unpaired) electrons. The number of aromatic nitrogens is 1. The molecule has 1 N–H and O–H groups in total. The van der Waals surface area contributed by atoms with Crippen molar-refractivity contribution < 1.29 is 32.3 Å². The molecule has 0 bridgehead atoms. The Balaban J connectivity index is 1.21. The second kappa shape index (κ2) is 15.4. The maximum absolute atomic E-state index is 14.7. The van der Waals surface area contributed by atoms with E-state index in [1.165, 1.54) is 0 Å². The number of carbonyl (C=O) groups excluding carboxylic acids is 3. The third-order valence-electron chi connectivity index (χ3n) is 11.5. The van der Waals surface area contributed by atoms with Crippen LogP contribution in [0.3, 0.4) is 0 Å². The molecule has 3 aromatic rings. The Morgan fingerprint density at radius 1 is 1.06 bits per heavy atom. The number of piperidine rings is 1. The van der Waals surface area contributed by atoms with Crippen molar-refractivity contribution in [2.45, 2.75) is 93.9 Å². The number of sulfone groups is 1. The largest absolute Gasteiger partial charge is 0.497 e. The number of methoxy groups -OCH3 is 1. The number of ether oxygens (including phenoxy) is 2. The van der Waals surface area contributed by atoms with Gasteiger partial charge in [0.2, 0.25) is 17.7 Å². The smallest absolute Gasteiger partial charge is 0.244 e. The molecule has 2 saturated heterocycles. The summed E-state index contributed by atoms with van der Waals surface area (Å²) in [6.07, 6.45) is 6.06. The van der Waals surface area contributed by atoms with Gasteiger partial charge in [0.05, 0.1) is 30.1 Å². The van der Waals surface area contributed by atoms with Gasteiger partial charge in [-0.05, 0) is 63.0 Å². The average molecular weight is 757 g/mol. The molecule has 2 saturated carbocycles. The van der Waals surface area contributed by atoms with Crippen molar-refractivity contribution in [3.63, 3.8) is 0 Å². The maximum atomic E-state index is 14.7. The van der Waals surface area contributed by atoms with Crippen LogP contribution in [-0.4, -0.2) is 89.9 Å².